The molecule has 1 radical (unpaired) electrons. The van der Waals surface area contributed by atoms with Crippen molar-refractivity contribution in [2.45, 2.75) is 6.61 Å². The lowest BCUT2D eigenvalue weighted by Gasteiger charge is -1.95. The Morgan fingerprint density at radius 2 is 1.89 bits per heavy atom. The highest BCUT2D eigenvalue weighted by molar-refractivity contribution is 5.97. The molecule has 47 valence electrons. The van der Waals surface area contributed by atoms with Crippen LogP contribution in [0, 0.1) is 0 Å². The maximum Gasteiger partial charge on any atom is 0.175 e. The highest BCUT2D eigenvalue weighted by Crippen LogP contribution is 1.97. The molecule has 9 heavy (non-hydrogen) atoms. The third-order valence-electron chi connectivity index (χ3n) is 1.11. The molecular weight excluding hydrogens is 128 g/mol. The largest absolute Gasteiger partial charge is 0.421 e. The Kier molecular flexibility index (Phi) is 2.48. The third kappa shape index (κ3) is 1.99. The molecule has 0 N–H and O–H groups in total. The van der Waals surface area contributed by atoms with Crippen molar-refractivity contribution in [3.63, 3.8) is 0 Å². The summed E-state index contributed by atoms with van der Waals surface area (Å²) in [7, 11) is 1.53. The van der Waals surface area contributed by atoms with Crippen LogP contribution in [-0.4, -0.2) is 10.5 Å². The molecule has 1 nitrogen and oxygen atoms in total. The van der Waals surface area contributed by atoms with Crippen LogP contribution in [0.25, 0.3) is 0 Å². The van der Waals surface area contributed by atoms with Crippen molar-refractivity contribution in [3.05, 3.63) is 35.9 Å². The van der Waals surface area contributed by atoms with Gasteiger partial charge in [-0.2, -0.15) is 0 Å². The van der Waals surface area contributed by atoms with Gasteiger partial charge in [0.2, 0.25) is 0 Å². The van der Waals surface area contributed by atoms with Gasteiger partial charge in [0.05, 0.1) is 6.61 Å². The molecule has 0 unspecified atom stereocenters. The lowest BCUT2D eigenvalue weighted by molar-refractivity contribution is 0.338. The summed E-state index contributed by atoms with van der Waals surface area (Å²) >= 11 is 0. The van der Waals surface area contributed by atoms with E-state index in [0.29, 0.717) is 0 Å². The van der Waals surface area contributed by atoms with Crippen LogP contribution in [-0.2, 0) is 11.0 Å². The van der Waals surface area contributed by atoms with Gasteiger partial charge in [0.25, 0.3) is 0 Å². The standard InChI is InChI=1S/C7H9OSi/c9-8-6-7-4-2-1-3-5-7/h1-5H,6,9H2. The van der Waals surface area contributed by atoms with Gasteiger partial charge in [-0.25, -0.2) is 0 Å². The summed E-state index contributed by atoms with van der Waals surface area (Å²) in [5.74, 6) is 0. The topological polar surface area (TPSA) is 9.23 Å². The highest BCUT2D eigenvalue weighted by Gasteiger charge is 1.84. The monoisotopic (exact) mass is 137 g/mol. The maximum atomic E-state index is 4.96. The Hall–Kier alpha value is -0.603. The summed E-state index contributed by atoms with van der Waals surface area (Å²) in [5.41, 5.74) is 1.23. The first kappa shape index (κ1) is 6.52. The average Bonchev–Trinajstić information content (AvgIpc) is 1.91. The second-order valence-electron chi connectivity index (χ2n) is 1.83. The molecule has 2 heteroatoms. The van der Waals surface area contributed by atoms with E-state index in [9.17, 15) is 0 Å². The SMILES string of the molecule is [SiH2]OCc1ccccc1. The zero-order chi connectivity index (χ0) is 6.53. The molecule has 0 bridgehead atoms. The van der Waals surface area contributed by atoms with Gasteiger partial charge in [0, 0.05) is 0 Å². The van der Waals surface area contributed by atoms with Crippen LogP contribution in [0.5, 0.6) is 0 Å². The van der Waals surface area contributed by atoms with Crippen molar-refractivity contribution in [3.8, 4) is 0 Å². The zero-order valence-electron chi connectivity index (χ0n) is 5.21. The molecule has 1 rings (SSSR count). The van der Waals surface area contributed by atoms with Crippen molar-refractivity contribution in [2.24, 2.45) is 0 Å². The van der Waals surface area contributed by atoms with Crippen molar-refractivity contribution < 1.29 is 4.43 Å². The summed E-state index contributed by atoms with van der Waals surface area (Å²) in [5, 5.41) is 0. The van der Waals surface area contributed by atoms with E-state index in [1.807, 2.05) is 30.3 Å². The fraction of sp³-hybridized carbons (Fsp3) is 0.143. The van der Waals surface area contributed by atoms with Crippen LogP contribution < -0.4 is 0 Å². The average molecular weight is 137 g/mol. The molecule has 1 aromatic carbocycles. The number of hydrogen-bond acceptors (Lipinski definition) is 1. The summed E-state index contributed by atoms with van der Waals surface area (Å²) in [6, 6.07) is 10.1. The predicted octanol–water partition coefficient (Wildman–Crippen LogP) is 0.751. The molecule has 0 amide bonds. The molecule has 0 heterocycles. The maximum absolute atomic E-state index is 4.96. The smallest absolute Gasteiger partial charge is 0.175 e. The summed E-state index contributed by atoms with van der Waals surface area (Å²) < 4.78 is 4.96. The van der Waals surface area contributed by atoms with Crippen LogP contribution in [0.15, 0.2) is 30.3 Å². The van der Waals surface area contributed by atoms with Crippen LogP contribution in [0.2, 0.25) is 0 Å². The minimum Gasteiger partial charge on any atom is -0.421 e. The lowest BCUT2D eigenvalue weighted by atomic mass is 10.2. The first-order valence-corrected chi connectivity index (χ1v) is 3.42. The molecule has 0 saturated heterocycles. The molecule has 1 aromatic rings. The molecular formula is C7H9OSi. The Balaban J connectivity index is 2.61. The minimum absolute atomic E-state index is 0.722. The second kappa shape index (κ2) is 3.43. The van der Waals surface area contributed by atoms with Crippen LogP contribution in [0.1, 0.15) is 5.56 Å². The third-order valence-corrected chi connectivity index (χ3v) is 1.32. The molecule has 0 saturated carbocycles. The Labute approximate surface area is 58.2 Å². The Bertz CT molecular complexity index is 162. The molecule has 0 aliphatic heterocycles. The summed E-state index contributed by atoms with van der Waals surface area (Å²) in [6.07, 6.45) is 0. The Morgan fingerprint density at radius 3 is 2.44 bits per heavy atom. The van der Waals surface area contributed by atoms with Gasteiger partial charge in [0.15, 0.2) is 10.5 Å². The zero-order valence-corrected chi connectivity index (χ0v) is 6.62. The van der Waals surface area contributed by atoms with E-state index in [0.717, 1.165) is 6.61 Å². The van der Waals surface area contributed by atoms with Crippen molar-refractivity contribution in [1.82, 2.24) is 0 Å². The molecule has 0 aliphatic carbocycles. The highest BCUT2D eigenvalue weighted by atomic mass is 28.2. The fourth-order valence-electron chi connectivity index (χ4n) is 0.692. The summed E-state index contributed by atoms with van der Waals surface area (Å²) in [4.78, 5) is 0. The minimum atomic E-state index is 0.722. The van der Waals surface area contributed by atoms with E-state index in [-0.39, 0.29) is 0 Å². The van der Waals surface area contributed by atoms with Gasteiger partial charge in [-0.1, -0.05) is 30.3 Å². The summed E-state index contributed by atoms with van der Waals surface area (Å²) in [6.45, 7) is 0.722. The quantitative estimate of drug-likeness (QED) is 0.547. The lowest BCUT2D eigenvalue weighted by Crippen LogP contribution is -1.85. The van der Waals surface area contributed by atoms with Crippen LogP contribution >= 0.6 is 0 Å². The van der Waals surface area contributed by atoms with Gasteiger partial charge in [-0.3, -0.25) is 0 Å². The van der Waals surface area contributed by atoms with Crippen molar-refractivity contribution in [2.75, 3.05) is 0 Å². The molecule has 0 aliphatic rings. The van der Waals surface area contributed by atoms with Crippen molar-refractivity contribution >= 4 is 10.5 Å². The van der Waals surface area contributed by atoms with Gasteiger partial charge >= 0.3 is 0 Å². The fourth-order valence-corrected chi connectivity index (χ4v) is 0.928. The predicted molar refractivity (Wildman–Crippen MR) is 39.8 cm³/mol. The van der Waals surface area contributed by atoms with Crippen LogP contribution in [0.3, 0.4) is 0 Å². The van der Waals surface area contributed by atoms with E-state index in [1.54, 1.807) is 0 Å². The van der Waals surface area contributed by atoms with Gasteiger partial charge in [-0.05, 0) is 5.56 Å². The first-order chi connectivity index (χ1) is 4.43. The Morgan fingerprint density at radius 1 is 1.22 bits per heavy atom. The van der Waals surface area contributed by atoms with Gasteiger partial charge in [-0.15, -0.1) is 0 Å². The van der Waals surface area contributed by atoms with Gasteiger partial charge < -0.3 is 4.43 Å². The van der Waals surface area contributed by atoms with E-state index in [2.05, 4.69) is 0 Å². The van der Waals surface area contributed by atoms with E-state index in [1.165, 1.54) is 16.0 Å². The van der Waals surface area contributed by atoms with Crippen LogP contribution in [0.4, 0.5) is 0 Å². The number of hydrogen-bond donors (Lipinski definition) is 0. The molecule has 0 spiro atoms. The van der Waals surface area contributed by atoms with E-state index in [4.69, 9.17) is 4.43 Å². The van der Waals surface area contributed by atoms with Gasteiger partial charge in [0.1, 0.15) is 0 Å². The molecule has 0 atom stereocenters. The van der Waals surface area contributed by atoms with E-state index < -0.39 is 0 Å². The van der Waals surface area contributed by atoms with E-state index >= 15 is 0 Å². The normalized spacial score (nSPS) is 9.44. The number of benzene rings is 1. The number of rotatable bonds is 2. The first-order valence-electron chi connectivity index (χ1n) is 2.84. The molecule has 0 aromatic heterocycles. The second-order valence-corrected chi connectivity index (χ2v) is 2.24. The molecule has 0 fully saturated rings. The van der Waals surface area contributed by atoms with Crippen molar-refractivity contribution in [1.29, 1.82) is 0 Å².